The summed E-state index contributed by atoms with van der Waals surface area (Å²) in [5.41, 5.74) is 0.794. The molecule has 0 aliphatic carbocycles. The van der Waals surface area contributed by atoms with Gasteiger partial charge in [0.15, 0.2) is 5.82 Å². The highest BCUT2D eigenvalue weighted by atomic mass is 16.6. The van der Waals surface area contributed by atoms with Gasteiger partial charge in [-0.15, -0.1) is 10.2 Å². The van der Waals surface area contributed by atoms with Crippen LogP contribution in [0.3, 0.4) is 0 Å². The Morgan fingerprint density at radius 1 is 1.12 bits per heavy atom. The topological polar surface area (TPSA) is 200 Å². The largest absolute Gasteiger partial charge is 0.444 e. The predicted octanol–water partition coefficient (Wildman–Crippen LogP) is 0.726. The lowest BCUT2D eigenvalue weighted by Gasteiger charge is -2.27. The summed E-state index contributed by atoms with van der Waals surface area (Å²) in [5.74, 6) is -1.65. The number of aromatic nitrogens is 4. The molecule has 5 amide bonds. The average molecular weight is 600 g/mol. The minimum absolute atomic E-state index is 0.0360. The molecule has 0 saturated heterocycles. The van der Waals surface area contributed by atoms with Gasteiger partial charge in [-0.1, -0.05) is 43.7 Å². The zero-order chi connectivity index (χ0) is 31.6. The number of nitrogens with one attached hydrogen (secondary N) is 5. The number of hydrogen-bond acceptors (Lipinski definition) is 9. The smallest absolute Gasteiger partial charge is 0.407 e. The van der Waals surface area contributed by atoms with E-state index in [4.69, 9.17) is 4.74 Å². The molecule has 3 rings (SSSR count). The highest BCUT2D eigenvalue weighted by molar-refractivity contribution is 6.05. The molecule has 1 aliphatic heterocycles. The van der Waals surface area contributed by atoms with Crippen LogP contribution in [0.5, 0.6) is 0 Å². The van der Waals surface area contributed by atoms with E-state index in [0.717, 1.165) is 5.56 Å². The molecule has 0 bridgehead atoms. The van der Waals surface area contributed by atoms with Crippen LogP contribution in [0, 0.1) is 5.92 Å². The fourth-order valence-corrected chi connectivity index (χ4v) is 4.50. The normalized spacial score (nSPS) is 15.6. The molecule has 0 saturated carbocycles. The lowest BCUT2D eigenvalue weighted by Crippen LogP contribution is -2.54. The molecule has 0 radical (unpaired) electrons. The molecule has 3 atom stereocenters. The van der Waals surface area contributed by atoms with Crippen molar-refractivity contribution in [2.24, 2.45) is 5.92 Å². The zero-order valence-corrected chi connectivity index (χ0v) is 25.2. The van der Waals surface area contributed by atoms with E-state index >= 15 is 0 Å². The minimum Gasteiger partial charge on any atom is -0.444 e. The maximum atomic E-state index is 13.4. The predicted molar refractivity (Wildman–Crippen MR) is 155 cm³/mol. The van der Waals surface area contributed by atoms with Crippen molar-refractivity contribution in [3.63, 3.8) is 0 Å². The van der Waals surface area contributed by atoms with Gasteiger partial charge in [-0.3, -0.25) is 24.1 Å². The van der Waals surface area contributed by atoms with Crippen molar-refractivity contribution in [1.29, 1.82) is 0 Å². The standard InChI is InChI=1S/C28H41N9O6/c1-6-17(2)24(32-22(38)12-9-13-29-27(42)43-28(3,4)5)26(41)31-16-23(39)37-19-11-8-7-10-18(19)14-20(37)25(40)30-15-21-33-35-36-34-21/h7-8,10-11,17,20,24H,6,9,12-16H2,1-5H3,(H,29,42)(H,30,40)(H,31,41)(H,32,38)(H,33,34,35,36)/t17-,20-,24-/m0/s1. The number of tetrazole rings is 1. The van der Waals surface area contributed by atoms with Crippen molar-refractivity contribution in [3.8, 4) is 0 Å². The number of rotatable bonds is 13. The van der Waals surface area contributed by atoms with E-state index in [1.165, 1.54) is 4.90 Å². The third-order valence-electron chi connectivity index (χ3n) is 6.83. The first-order chi connectivity index (χ1) is 20.4. The Balaban J connectivity index is 1.56. The molecule has 0 spiro atoms. The van der Waals surface area contributed by atoms with Gasteiger partial charge >= 0.3 is 6.09 Å². The second kappa shape index (κ2) is 15.1. The molecule has 1 aromatic heterocycles. The van der Waals surface area contributed by atoms with Gasteiger partial charge in [0.25, 0.3) is 0 Å². The van der Waals surface area contributed by atoms with Crippen LogP contribution < -0.4 is 26.2 Å². The number of alkyl carbamates (subject to hydrolysis) is 1. The van der Waals surface area contributed by atoms with E-state index in [0.29, 0.717) is 30.8 Å². The molecule has 2 aromatic rings. The third-order valence-corrected chi connectivity index (χ3v) is 6.83. The Hall–Kier alpha value is -4.56. The maximum Gasteiger partial charge on any atom is 0.407 e. The number of fused-ring (bicyclic) bond motifs is 1. The number of H-pyrrole nitrogens is 1. The Labute approximate surface area is 250 Å². The SMILES string of the molecule is CC[C@H](C)[C@H](NC(=O)CCCNC(=O)OC(C)(C)C)C(=O)NCC(=O)N1c2ccccc2C[C@H]1C(=O)NCc1nn[nH]n1. The number of carbonyl (C=O) groups is 5. The van der Waals surface area contributed by atoms with Gasteiger partial charge in [-0.25, -0.2) is 4.79 Å². The lowest BCUT2D eigenvalue weighted by molar-refractivity contribution is -0.131. The van der Waals surface area contributed by atoms with E-state index in [-0.39, 0.29) is 37.9 Å². The Kier molecular flexibility index (Phi) is 11.5. The van der Waals surface area contributed by atoms with Gasteiger partial charge < -0.3 is 26.0 Å². The molecular formula is C28H41N9O6. The number of anilines is 1. The molecule has 5 N–H and O–H groups in total. The van der Waals surface area contributed by atoms with Crippen molar-refractivity contribution in [2.45, 2.75) is 84.5 Å². The molecular weight excluding hydrogens is 558 g/mol. The third kappa shape index (κ3) is 9.75. The first-order valence-corrected chi connectivity index (χ1v) is 14.3. The lowest BCUT2D eigenvalue weighted by atomic mass is 9.98. The number of benzene rings is 1. The van der Waals surface area contributed by atoms with Crippen LogP contribution in [-0.2, 0) is 36.9 Å². The monoisotopic (exact) mass is 599 g/mol. The summed E-state index contributed by atoms with van der Waals surface area (Å²) >= 11 is 0. The van der Waals surface area contributed by atoms with E-state index < -0.39 is 41.5 Å². The molecule has 15 nitrogen and oxygen atoms in total. The zero-order valence-electron chi connectivity index (χ0n) is 25.2. The van der Waals surface area contributed by atoms with Crippen LogP contribution in [0.2, 0.25) is 0 Å². The number of aromatic amines is 1. The number of hydrogen-bond donors (Lipinski definition) is 5. The number of carbonyl (C=O) groups excluding carboxylic acids is 5. The molecule has 15 heteroatoms. The van der Waals surface area contributed by atoms with Gasteiger partial charge in [0.1, 0.15) is 17.7 Å². The number of amides is 5. The highest BCUT2D eigenvalue weighted by Gasteiger charge is 2.38. The van der Waals surface area contributed by atoms with Crippen LogP contribution in [0.15, 0.2) is 24.3 Å². The number of nitrogens with zero attached hydrogens (tertiary/aromatic N) is 4. The fourth-order valence-electron chi connectivity index (χ4n) is 4.50. The Morgan fingerprint density at radius 2 is 1.86 bits per heavy atom. The molecule has 1 aromatic carbocycles. The molecule has 1 aliphatic rings. The van der Waals surface area contributed by atoms with Crippen LogP contribution in [0.4, 0.5) is 10.5 Å². The number of ether oxygens (including phenoxy) is 1. The van der Waals surface area contributed by atoms with Crippen LogP contribution in [0.25, 0.3) is 0 Å². The summed E-state index contributed by atoms with van der Waals surface area (Å²) in [4.78, 5) is 65.5. The molecule has 2 heterocycles. The van der Waals surface area contributed by atoms with E-state index in [2.05, 4.69) is 41.9 Å². The van der Waals surface area contributed by atoms with Crippen molar-refractivity contribution in [2.75, 3.05) is 18.0 Å². The van der Waals surface area contributed by atoms with Gasteiger partial charge in [0.2, 0.25) is 23.6 Å². The second-order valence-corrected chi connectivity index (χ2v) is 11.3. The van der Waals surface area contributed by atoms with Gasteiger partial charge in [-0.05, 0) is 44.7 Å². The average Bonchev–Trinajstić information content (AvgIpc) is 3.62. The van der Waals surface area contributed by atoms with Crippen molar-refractivity contribution in [1.82, 2.24) is 41.9 Å². The van der Waals surface area contributed by atoms with E-state index in [1.807, 2.05) is 26.0 Å². The summed E-state index contributed by atoms with van der Waals surface area (Å²) in [6.45, 7) is 8.90. The first kappa shape index (κ1) is 32.9. The fraction of sp³-hybridized carbons (Fsp3) is 0.571. The minimum atomic E-state index is -0.871. The summed E-state index contributed by atoms with van der Waals surface area (Å²) in [7, 11) is 0. The van der Waals surface area contributed by atoms with Gasteiger partial charge in [0, 0.05) is 25.1 Å². The van der Waals surface area contributed by atoms with Crippen molar-refractivity contribution >= 4 is 35.4 Å². The molecule has 0 fully saturated rings. The quantitative estimate of drug-likeness (QED) is 0.206. The van der Waals surface area contributed by atoms with Gasteiger partial charge in [0.05, 0.1) is 13.1 Å². The summed E-state index contributed by atoms with van der Waals surface area (Å²) in [6, 6.07) is 5.50. The highest BCUT2D eigenvalue weighted by Crippen LogP contribution is 2.32. The van der Waals surface area contributed by atoms with Gasteiger partial charge in [-0.2, -0.15) is 5.21 Å². The van der Waals surface area contributed by atoms with Crippen molar-refractivity contribution in [3.05, 3.63) is 35.7 Å². The Bertz CT molecular complexity index is 1280. The maximum absolute atomic E-state index is 13.4. The first-order valence-electron chi connectivity index (χ1n) is 14.3. The van der Waals surface area contributed by atoms with Crippen LogP contribution >= 0.6 is 0 Å². The summed E-state index contributed by atoms with van der Waals surface area (Å²) in [5, 5.41) is 24.1. The molecule has 43 heavy (non-hydrogen) atoms. The van der Waals surface area contributed by atoms with E-state index in [1.54, 1.807) is 32.9 Å². The summed E-state index contributed by atoms with van der Waals surface area (Å²) in [6.07, 6.45) is 0.779. The Morgan fingerprint density at radius 3 is 2.53 bits per heavy atom. The van der Waals surface area contributed by atoms with Crippen molar-refractivity contribution < 1.29 is 28.7 Å². The van der Waals surface area contributed by atoms with Crippen LogP contribution in [-0.4, -0.2) is 81.1 Å². The van der Waals surface area contributed by atoms with Crippen LogP contribution in [0.1, 0.15) is 65.3 Å². The molecule has 0 unspecified atom stereocenters. The number of para-hydroxylation sites is 1. The second-order valence-electron chi connectivity index (χ2n) is 11.3. The summed E-state index contributed by atoms with van der Waals surface area (Å²) < 4.78 is 5.17. The van der Waals surface area contributed by atoms with E-state index in [9.17, 15) is 24.0 Å². The molecule has 234 valence electrons.